The van der Waals surface area contributed by atoms with E-state index in [9.17, 15) is 13.8 Å². The lowest BCUT2D eigenvalue weighted by Gasteiger charge is -2.21. The molecule has 0 rings (SSSR count). The monoisotopic (exact) mass is 235 g/mol. The predicted octanol–water partition coefficient (Wildman–Crippen LogP) is 0.0766. The zero-order chi connectivity index (χ0) is 12.0. The van der Waals surface area contributed by atoms with Gasteiger partial charge in [-0.3, -0.25) is 13.8 Å². The van der Waals surface area contributed by atoms with Crippen LogP contribution in [0.1, 0.15) is 20.8 Å². The van der Waals surface area contributed by atoms with Crippen molar-refractivity contribution in [1.29, 1.82) is 0 Å². The number of carbonyl (C=O) groups excluding carboxylic acids is 1. The average molecular weight is 235 g/mol. The molecule has 0 radical (unpaired) electrons. The molecular formula is C9H17NO4S. The number of aliphatic carboxylic acids is 1. The van der Waals surface area contributed by atoms with Gasteiger partial charge in [0, 0.05) is 23.9 Å². The highest BCUT2D eigenvalue weighted by Gasteiger charge is 2.24. The van der Waals surface area contributed by atoms with Gasteiger partial charge in [-0.25, -0.2) is 0 Å². The van der Waals surface area contributed by atoms with Crippen LogP contribution in [0.4, 0.5) is 0 Å². The Labute approximate surface area is 91.9 Å². The molecule has 0 bridgehead atoms. The van der Waals surface area contributed by atoms with Crippen molar-refractivity contribution in [3.05, 3.63) is 0 Å². The average Bonchev–Trinajstić information content (AvgIpc) is 2.17. The summed E-state index contributed by atoms with van der Waals surface area (Å²) >= 11 is 0. The summed E-state index contributed by atoms with van der Waals surface area (Å²) < 4.78 is 11.4. The molecule has 5 nitrogen and oxygen atoms in total. The molecule has 88 valence electrons. The second-order valence-corrected chi connectivity index (χ2v) is 4.83. The molecule has 6 heteroatoms. The summed E-state index contributed by atoms with van der Waals surface area (Å²) in [4.78, 5) is 23.5. The van der Waals surface area contributed by atoms with E-state index in [1.165, 1.54) is 6.92 Å². The first-order valence-corrected chi connectivity index (χ1v) is 6.19. The van der Waals surface area contributed by atoms with Gasteiger partial charge in [0.15, 0.2) is 0 Å². The van der Waals surface area contributed by atoms with Crippen LogP contribution in [0.2, 0.25) is 0 Å². The Morgan fingerprint density at radius 3 is 2.13 bits per heavy atom. The van der Waals surface area contributed by atoms with E-state index in [0.717, 1.165) is 0 Å². The summed E-state index contributed by atoms with van der Waals surface area (Å²) in [7, 11) is -1.64. The Kier molecular flexibility index (Phi) is 6.15. The SMILES string of the molecule is CCN(CC)C(=O)C(C)S(=O)CC(=O)O. The van der Waals surface area contributed by atoms with Crippen LogP contribution in [0.5, 0.6) is 0 Å². The molecule has 0 spiro atoms. The van der Waals surface area contributed by atoms with Crippen molar-refractivity contribution in [2.75, 3.05) is 18.8 Å². The summed E-state index contributed by atoms with van der Waals surface area (Å²) in [5.74, 6) is -1.87. The van der Waals surface area contributed by atoms with Gasteiger partial charge in [0.25, 0.3) is 0 Å². The topological polar surface area (TPSA) is 74.7 Å². The first-order chi connectivity index (χ1) is 6.93. The lowest BCUT2D eigenvalue weighted by Crippen LogP contribution is -2.40. The molecule has 0 aliphatic rings. The first-order valence-electron chi connectivity index (χ1n) is 4.81. The van der Waals surface area contributed by atoms with Gasteiger partial charge in [0.2, 0.25) is 5.91 Å². The third-order valence-electron chi connectivity index (χ3n) is 2.08. The van der Waals surface area contributed by atoms with E-state index in [2.05, 4.69) is 0 Å². The molecule has 1 amide bonds. The van der Waals surface area contributed by atoms with E-state index in [0.29, 0.717) is 13.1 Å². The number of carboxylic acids is 1. The van der Waals surface area contributed by atoms with E-state index in [-0.39, 0.29) is 5.91 Å². The third kappa shape index (κ3) is 4.42. The Bertz CT molecular complexity index is 263. The molecular weight excluding hydrogens is 218 g/mol. The molecule has 2 atom stereocenters. The van der Waals surface area contributed by atoms with E-state index in [1.807, 2.05) is 13.8 Å². The Morgan fingerprint density at radius 2 is 1.80 bits per heavy atom. The second-order valence-electron chi connectivity index (χ2n) is 3.07. The molecule has 0 fully saturated rings. The number of hydrogen-bond acceptors (Lipinski definition) is 3. The molecule has 0 heterocycles. The molecule has 0 aromatic rings. The minimum Gasteiger partial charge on any atom is -0.481 e. The lowest BCUT2D eigenvalue weighted by molar-refractivity contribution is -0.134. The van der Waals surface area contributed by atoms with Crippen LogP contribution in [0.25, 0.3) is 0 Å². The number of carbonyl (C=O) groups is 2. The standard InChI is InChI=1S/C9H17NO4S/c1-4-10(5-2)9(13)7(3)15(14)6-8(11)12/h7H,4-6H2,1-3H3,(H,11,12). The second kappa shape index (κ2) is 6.55. The number of rotatable bonds is 6. The van der Waals surface area contributed by atoms with Crippen molar-refractivity contribution in [3.63, 3.8) is 0 Å². The highest BCUT2D eigenvalue weighted by molar-refractivity contribution is 7.87. The predicted molar refractivity (Wildman–Crippen MR) is 58.0 cm³/mol. The minimum absolute atomic E-state index is 0.250. The van der Waals surface area contributed by atoms with Crippen molar-refractivity contribution < 1.29 is 18.9 Å². The van der Waals surface area contributed by atoms with Gasteiger partial charge < -0.3 is 10.0 Å². The fourth-order valence-corrected chi connectivity index (χ4v) is 2.02. The van der Waals surface area contributed by atoms with Crippen molar-refractivity contribution in [3.8, 4) is 0 Å². The lowest BCUT2D eigenvalue weighted by atomic mass is 10.4. The minimum atomic E-state index is -1.64. The summed E-state index contributed by atoms with van der Waals surface area (Å²) in [5.41, 5.74) is 0. The van der Waals surface area contributed by atoms with Gasteiger partial charge in [0.1, 0.15) is 11.0 Å². The van der Waals surface area contributed by atoms with Gasteiger partial charge in [-0.15, -0.1) is 0 Å². The van der Waals surface area contributed by atoms with Crippen molar-refractivity contribution >= 4 is 22.7 Å². The number of nitrogens with zero attached hydrogens (tertiary/aromatic N) is 1. The van der Waals surface area contributed by atoms with Gasteiger partial charge >= 0.3 is 5.97 Å². The van der Waals surface area contributed by atoms with Crippen molar-refractivity contribution in [1.82, 2.24) is 4.90 Å². The summed E-state index contributed by atoms with van der Waals surface area (Å²) in [6, 6.07) is 0. The first kappa shape index (κ1) is 14.1. The van der Waals surface area contributed by atoms with Crippen LogP contribution in [-0.2, 0) is 20.4 Å². The van der Waals surface area contributed by atoms with Gasteiger partial charge in [0.05, 0.1) is 0 Å². The summed E-state index contributed by atoms with van der Waals surface area (Å²) in [6.45, 7) is 6.25. The summed E-state index contributed by atoms with van der Waals surface area (Å²) in [5, 5.41) is 7.70. The number of carboxylic acid groups (broad SMARTS) is 1. The fourth-order valence-electron chi connectivity index (χ4n) is 1.15. The number of amides is 1. The molecule has 0 aromatic heterocycles. The molecule has 0 aromatic carbocycles. The Morgan fingerprint density at radius 1 is 1.33 bits per heavy atom. The molecule has 0 aliphatic heterocycles. The molecule has 2 unspecified atom stereocenters. The molecule has 0 saturated heterocycles. The van der Waals surface area contributed by atoms with Crippen LogP contribution in [0.3, 0.4) is 0 Å². The largest absolute Gasteiger partial charge is 0.481 e. The summed E-state index contributed by atoms with van der Waals surface area (Å²) in [6.07, 6.45) is 0. The van der Waals surface area contributed by atoms with E-state index < -0.39 is 27.8 Å². The zero-order valence-corrected chi connectivity index (χ0v) is 10.0. The molecule has 0 saturated carbocycles. The van der Waals surface area contributed by atoms with Crippen molar-refractivity contribution in [2.24, 2.45) is 0 Å². The highest BCUT2D eigenvalue weighted by Crippen LogP contribution is 2.02. The fraction of sp³-hybridized carbons (Fsp3) is 0.778. The van der Waals surface area contributed by atoms with E-state index >= 15 is 0 Å². The normalized spacial score (nSPS) is 14.3. The van der Waals surface area contributed by atoms with Gasteiger partial charge in [-0.1, -0.05) is 0 Å². The maximum Gasteiger partial charge on any atom is 0.316 e. The molecule has 0 aliphatic carbocycles. The Hall–Kier alpha value is -0.910. The molecule has 15 heavy (non-hydrogen) atoms. The van der Waals surface area contributed by atoms with Crippen LogP contribution in [0, 0.1) is 0 Å². The smallest absolute Gasteiger partial charge is 0.316 e. The zero-order valence-electron chi connectivity index (χ0n) is 9.23. The van der Waals surface area contributed by atoms with E-state index in [4.69, 9.17) is 5.11 Å². The van der Waals surface area contributed by atoms with Gasteiger partial charge in [-0.2, -0.15) is 0 Å². The maximum atomic E-state index is 11.7. The van der Waals surface area contributed by atoms with Crippen LogP contribution < -0.4 is 0 Å². The maximum absolute atomic E-state index is 11.7. The van der Waals surface area contributed by atoms with Crippen LogP contribution in [-0.4, -0.2) is 50.2 Å². The van der Waals surface area contributed by atoms with Crippen LogP contribution in [0.15, 0.2) is 0 Å². The van der Waals surface area contributed by atoms with Crippen LogP contribution >= 0.6 is 0 Å². The van der Waals surface area contributed by atoms with E-state index in [1.54, 1.807) is 4.90 Å². The van der Waals surface area contributed by atoms with Crippen molar-refractivity contribution in [2.45, 2.75) is 26.0 Å². The molecule has 1 N–H and O–H groups in total. The number of hydrogen-bond donors (Lipinski definition) is 1. The quantitative estimate of drug-likeness (QED) is 0.707. The third-order valence-corrected chi connectivity index (χ3v) is 3.60. The van der Waals surface area contributed by atoms with Gasteiger partial charge in [-0.05, 0) is 20.8 Å². The Balaban J connectivity index is 4.42. The highest BCUT2D eigenvalue weighted by atomic mass is 32.2.